The molecule has 118 valence electrons. The molecule has 0 radical (unpaired) electrons. The topological polar surface area (TPSA) is 44.4 Å². The molecule has 2 amide bonds. The quantitative estimate of drug-likeness (QED) is 0.820. The van der Waals surface area contributed by atoms with E-state index in [-0.39, 0.29) is 18.4 Å². The van der Waals surface area contributed by atoms with Crippen LogP contribution in [-0.4, -0.2) is 19.1 Å². The number of halogens is 1. The fraction of sp³-hybridized carbons (Fsp3) is 0.438. The van der Waals surface area contributed by atoms with Gasteiger partial charge in [-0.15, -0.1) is 0 Å². The number of nitrogens with zero attached hydrogens (tertiary/aromatic N) is 1. The van der Waals surface area contributed by atoms with Gasteiger partial charge in [-0.05, 0) is 51.0 Å². The van der Waals surface area contributed by atoms with Crippen LogP contribution < -0.4 is 27.9 Å². The Morgan fingerprint density at radius 3 is 2.43 bits per heavy atom. The first-order chi connectivity index (χ1) is 9.62. The monoisotopic (exact) mass is 310 g/mol. The van der Waals surface area contributed by atoms with Crippen LogP contribution in [0.2, 0.25) is 0 Å². The molecule has 0 aliphatic heterocycles. The van der Waals surface area contributed by atoms with Gasteiger partial charge in [0.15, 0.2) is 0 Å². The molecule has 0 fully saturated rings. The Hall–Kier alpha value is -1.68. The van der Waals surface area contributed by atoms with Gasteiger partial charge < -0.3 is 27.9 Å². The number of nitrogens with one attached hydrogen (secondary N) is 2. The third-order valence-electron chi connectivity index (χ3n) is 3.15. The van der Waals surface area contributed by atoms with Crippen molar-refractivity contribution in [3.8, 4) is 0 Å². The maximum absolute atomic E-state index is 11.7. The second kappa shape index (κ2) is 10.1. The van der Waals surface area contributed by atoms with E-state index >= 15 is 0 Å². The highest BCUT2D eigenvalue weighted by Crippen LogP contribution is 2.22. The number of hydrogen-bond donors (Lipinski definition) is 2. The summed E-state index contributed by atoms with van der Waals surface area (Å²) in [6, 6.07) is 5.88. The minimum absolute atomic E-state index is 0. The number of benzene rings is 1. The molecule has 5 heteroatoms. The first-order valence-electron chi connectivity index (χ1n) is 7.20. The van der Waals surface area contributed by atoms with Crippen LogP contribution in [0.1, 0.15) is 32.8 Å². The van der Waals surface area contributed by atoms with Gasteiger partial charge in [0.25, 0.3) is 0 Å². The SMILES string of the molecule is CC/C=C/NC(=O)Nc1ccc(N(CC)CC)cc1C.[Cl-]. The molecule has 0 heterocycles. The number of carbonyl (C=O) groups excluding carboxylic acids is 1. The smallest absolute Gasteiger partial charge is 0.323 e. The third kappa shape index (κ3) is 6.08. The molecule has 0 saturated heterocycles. The Morgan fingerprint density at radius 1 is 1.24 bits per heavy atom. The summed E-state index contributed by atoms with van der Waals surface area (Å²) in [5, 5.41) is 5.53. The second-order valence-corrected chi connectivity index (χ2v) is 4.58. The highest BCUT2D eigenvalue weighted by molar-refractivity contribution is 5.91. The van der Waals surface area contributed by atoms with Crippen LogP contribution in [0.15, 0.2) is 30.5 Å². The molecule has 4 nitrogen and oxygen atoms in total. The summed E-state index contributed by atoms with van der Waals surface area (Å²) >= 11 is 0. The zero-order valence-electron chi connectivity index (χ0n) is 13.2. The fourth-order valence-electron chi connectivity index (χ4n) is 1.98. The predicted molar refractivity (Wildman–Crippen MR) is 86.3 cm³/mol. The highest BCUT2D eigenvalue weighted by atomic mass is 35.5. The molecule has 1 rings (SSSR count). The molecule has 0 atom stereocenters. The van der Waals surface area contributed by atoms with Crippen LogP contribution in [-0.2, 0) is 0 Å². The molecule has 0 aromatic heterocycles. The maximum Gasteiger partial charge on any atom is 0.323 e. The van der Waals surface area contributed by atoms with Gasteiger partial charge in [-0.25, -0.2) is 4.79 Å². The van der Waals surface area contributed by atoms with Gasteiger partial charge >= 0.3 is 6.03 Å². The number of anilines is 2. The lowest BCUT2D eigenvalue weighted by atomic mass is 10.1. The molecule has 0 aliphatic rings. The van der Waals surface area contributed by atoms with Crippen LogP contribution in [0, 0.1) is 6.92 Å². The number of rotatable bonds is 6. The summed E-state index contributed by atoms with van der Waals surface area (Å²) in [6.45, 7) is 10.3. The lowest BCUT2D eigenvalue weighted by Crippen LogP contribution is -3.00. The van der Waals surface area contributed by atoms with Crippen molar-refractivity contribution in [1.29, 1.82) is 0 Å². The molecule has 0 unspecified atom stereocenters. The van der Waals surface area contributed by atoms with Crippen molar-refractivity contribution >= 4 is 17.4 Å². The van der Waals surface area contributed by atoms with E-state index in [2.05, 4.69) is 35.4 Å². The summed E-state index contributed by atoms with van der Waals surface area (Å²) in [5.41, 5.74) is 3.08. The van der Waals surface area contributed by atoms with Gasteiger partial charge in [0, 0.05) is 30.7 Å². The van der Waals surface area contributed by atoms with E-state index < -0.39 is 0 Å². The number of hydrogen-bond acceptors (Lipinski definition) is 2. The Bertz CT molecular complexity index is 471. The summed E-state index contributed by atoms with van der Waals surface area (Å²) in [4.78, 5) is 14.0. The molecule has 0 aliphatic carbocycles. The highest BCUT2D eigenvalue weighted by Gasteiger charge is 2.06. The molecule has 0 bridgehead atoms. The Balaban J connectivity index is 0.00000400. The first kappa shape index (κ1) is 19.3. The van der Waals surface area contributed by atoms with Crippen molar-refractivity contribution in [3.63, 3.8) is 0 Å². The van der Waals surface area contributed by atoms with Crippen molar-refractivity contribution in [3.05, 3.63) is 36.0 Å². The van der Waals surface area contributed by atoms with E-state index in [0.29, 0.717) is 0 Å². The largest absolute Gasteiger partial charge is 1.00 e. The molecule has 0 spiro atoms. The summed E-state index contributed by atoms with van der Waals surface area (Å²) in [7, 11) is 0. The Kier molecular flexibility index (Phi) is 9.30. The third-order valence-corrected chi connectivity index (χ3v) is 3.15. The van der Waals surface area contributed by atoms with E-state index in [0.717, 1.165) is 30.8 Å². The van der Waals surface area contributed by atoms with Crippen LogP contribution >= 0.6 is 0 Å². The summed E-state index contributed by atoms with van der Waals surface area (Å²) in [6.07, 6.45) is 4.46. The predicted octanol–water partition coefficient (Wildman–Crippen LogP) is 0.890. The van der Waals surface area contributed by atoms with E-state index in [1.54, 1.807) is 6.20 Å². The Morgan fingerprint density at radius 2 is 1.90 bits per heavy atom. The number of allylic oxidation sites excluding steroid dienone is 1. The van der Waals surface area contributed by atoms with Gasteiger partial charge in [-0.2, -0.15) is 0 Å². The zero-order chi connectivity index (χ0) is 15.0. The van der Waals surface area contributed by atoms with Crippen molar-refractivity contribution in [2.45, 2.75) is 34.1 Å². The average Bonchev–Trinajstić information content (AvgIpc) is 2.43. The van der Waals surface area contributed by atoms with Crippen molar-refractivity contribution < 1.29 is 17.2 Å². The standard InChI is InChI=1S/C16H25N3O.ClH/c1-5-8-11-17-16(20)18-15-10-9-14(12-13(15)4)19(6-2)7-3;/h8-12H,5-7H2,1-4H3,(H2,17,18,20);1H/p-1/b11-8+;. The zero-order valence-corrected chi connectivity index (χ0v) is 14.0. The minimum Gasteiger partial charge on any atom is -1.00 e. The van der Waals surface area contributed by atoms with Crippen LogP contribution in [0.4, 0.5) is 16.2 Å². The van der Waals surface area contributed by atoms with Gasteiger partial charge in [0.1, 0.15) is 0 Å². The molecule has 0 saturated carbocycles. The summed E-state index contributed by atoms with van der Waals surface area (Å²) in [5.74, 6) is 0. The number of carbonyl (C=O) groups is 1. The Labute approximate surface area is 134 Å². The normalized spacial score (nSPS) is 10.1. The number of aryl methyl sites for hydroxylation is 1. The summed E-state index contributed by atoms with van der Waals surface area (Å²) < 4.78 is 0. The molecule has 1 aromatic carbocycles. The van der Waals surface area contributed by atoms with E-state index in [1.165, 1.54) is 5.69 Å². The minimum atomic E-state index is -0.214. The fourth-order valence-corrected chi connectivity index (χ4v) is 1.98. The van der Waals surface area contributed by atoms with Gasteiger partial charge in [-0.3, -0.25) is 0 Å². The van der Waals surface area contributed by atoms with Crippen LogP contribution in [0.5, 0.6) is 0 Å². The van der Waals surface area contributed by atoms with Gasteiger partial charge in [0.2, 0.25) is 0 Å². The number of amides is 2. The lowest BCUT2D eigenvalue weighted by Gasteiger charge is -2.22. The molecular formula is C16H25ClN3O-. The van der Waals surface area contributed by atoms with E-state index in [9.17, 15) is 4.79 Å². The van der Waals surface area contributed by atoms with Crippen molar-refractivity contribution in [2.75, 3.05) is 23.3 Å². The average molecular weight is 311 g/mol. The first-order valence-corrected chi connectivity index (χ1v) is 7.20. The van der Waals surface area contributed by atoms with Gasteiger partial charge in [-0.1, -0.05) is 13.0 Å². The molecule has 1 aromatic rings. The van der Waals surface area contributed by atoms with Crippen LogP contribution in [0.3, 0.4) is 0 Å². The van der Waals surface area contributed by atoms with Crippen molar-refractivity contribution in [1.82, 2.24) is 5.32 Å². The molecular weight excluding hydrogens is 286 g/mol. The lowest BCUT2D eigenvalue weighted by molar-refractivity contribution is -0.00000745. The molecule has 21 heavy (non-hydrogen) atoms. The van der Waals surface area contributed by atoms with Crippen molar-refractivity contribution in [2.24, 2.45) is 0 Å². The van der Waals surface area contributed by atoms with E-state index in [1.807, 2.05) is 32.1 Å². The van der Waals surface area contributed by atoms with E-state index in [4.69, 9.17) is 0 Å². The maximum atomic E-state index is 11.7. The van der Waals surface area contributed by atoms with Crippen LogP contribution in [0.25, 0.3) is 0 Å². The van der Waals surface area contributed by atoms with Gasteiger partial charge in [0.05, 0.1) is 0 Å². The number of urea groups is 1. The molecule has 2 N–H and O–H groups in total. The second-order valence-electron chi connectivity index (χ2n) is 4.58.